The lowest BCUT2D eigenvalue weighted by Crippen LogP contribution is -2.07. The number of carbonyl (C=O) groups excluding carboxylic acids is 1. The predicted octanol–water partition coefficient (Wildman–Crippen LogP) is 5.08. The normalized spacial score (nSPS) is 10.4. The van der Waals surface area contributed by atoms with Gasteiger partial charge < -0.3 is 9.47 Å². The van der Waals surface area contributed by atoms with Crippen LogP contribution in [0.15, 0.2) is 41.3 Å². The number of methoxy groups -OCH3 is 1. The van der Waals surface area contributed by atoms with Crippen molar-refractivity contribution in [2.45, 2.75) is 11.5 Å². The van der Waals surface area contributed by atoms with Crippen molar-refractivity contribution in [1.82, 2.24) is 0 Å². The number of hydrogen-bond donors (Lipinski definition) is 0. The Bertz CT molecular complexity index is 689. The van der Waals surface area contributed by atoms with Crippen LogP contribution < -0.4 is 4.74 Å². The fraction of sp³-hybridized carbons (Fsp3) is 0.188. The molecule has 0 aliphatic heterocycles. The van der Waals surface area contributed by atoms with E-state index in [-0.39, 0.29) is 6.61 Å². The van der Waals surface area contributed by atoms with Crippen LogP contribution in [0.25, 0.3) is 0 Å². The Morgan fingerprint density at radius 2 is 1.91 bits per heavy atom. The number of ether oxygens (including phenoxy) is 2. The third kappa shape index (κ3) is 4.09. The summed E-state index contributed by atoms with van der Waals surface area (Å²) >= 11 is 13.4. The van der Waals surface area contributed by atoms with Crippen molar-refractivity contribution in [3.05, 3.63) is 57.6 Å². The van der Waals surface area contributed by atoms with Crippen LogP contribution >= 0.6 is 35.0 Å². The molecule has 0 aromatic heterocycles. The second kappa shape index (κ2) is 7.77. The molecular weight excluding hydrogens is 343 g/mol. The predicted molar refractivity (Wildman–Crippen MR) is 90.4 cm³/mol. The lowest BCUT2D eigenvalue weighted by molar-refractivity contribution is 0.0469. The van der Waals surface area contributed by atoms with E-state index >= 15 is 0 Å². The quantitative estimate of drug-likeness (QED) is 0.552. The highest BCUT2D eigenvalue weighted by molar-refractivity contribution is 7.98. The second-order valence-electron chi connectivity index (χ2n) is 4.39. The number of halogens is 2. The first-order valence-electron chi connectivity index (χ1n) is 6.38. The van der Waals surface area contributed by atoms with Crippen LogP contribution in [-0.2, 0) is 11.3 Å². The maximum Gasteiger partial charge on any atom is 0.342 e. The van der Waals surface area contributed by atoms with Crippen molar-refractivity contribution in [3.8, 4) is 5.75 Å². The number of esters is 1. The van der Waals surface area contributed by atoms with Crippen molar-refractivity contribution in [2.24, 2.45) is 0 Å². The summed E-state index contributed by atoms with van der Waals surface area (Å²) in [7, 11) is 1.52. The standard InChI is InChI=1S/C16H14Cl2O3S/c1-20-15-8-11(22-2)4-5-12(15)16(19)21-9-10-3-6-13(17)14(18)7-10/h3-8H,9H2,1-2H3. The molecule has 0 aliphatic rings. The minimum Gasteiger partial charge on any atom is -0.496 e. The number of benzene rings is 2. The third-order valence-corrected chi connectivity index (χ3v) is 4.45. The summed E-state index contributed by atoms with van der Waals surface area (Å²) in [5, 5.41) is 0.892. The van der Waals surface area contributed by atoms with E-state index in [0.717, 1.165) is 10.5 Å². The molecule has 2 rings (SSSR count). The molecule has 0 radical (unpaired) electrons. The molecule has 0 atom stereocenters. The SMILES string of the molecule is COc1cc(SC)ccc1C(=O)OCc1ccc(Cl)c(Cl)c1. The van der Waals surface area contributed by atoms with Crippen LogP contribution in [0, 0.1) is 0 Å². The average molecular weight is 357 g/mol. The van der Waals surface area contributed by atoms with Gasteiger partial charge in [-0.1, -0.05) is 29.3 Å². The molecule has 0 N–H and O–H groups in total. The fourth-order valence-corrected chi connectivity index (χ4v) is 2.57. The van der Waals surface area contributed by atoms with Gasteiger partial charge >= 0.3 is 5.97 Å². The molecule has 22 heavy (non-hydrogen) atoms. The topological polar surface area (TPSA) is 35.5 Å². The van der Waals surface area contributed by atoms with Gasteiger partial charge in [0.25, 0.3) is 0 Å². The molecule has 0 amide bonds. The van der Waals surface area contributed by atoms with Gasteiger partial charge in [0.15, 0.2) is 0 Å². The summed E-state index contributed by atoms with van der Waals surface area (Å²) in [6, 6.07) is 10.5. The molecule has 6 heteroatoms. The van der Waals surface area contributed by atoms with Crippen LogP contribution in [0.2, 0.25) is 10.0 Å². The zero-order valence-electron chi connectivity index (χ0n) is 12.1. The molecule has 2 aromatic carbocycles. The molecule has 0 fully saturated rings. The smallest absolute Gasteiger partial charge is 0.342 e. The van der Waals surface area contributed by atoms with E-state index in [1.54, 1.807) is 42.1 Å². The van der Waals surface area contributed by atoms with Gasteiger partial charge in [0.05, 0.1) is 17.2 Å². The largest absolute Gasteiger partial charge is 0.496 e. The molecule has 0 aliphatic carbocycles. The monoisotopic (exact) mass is 356 g/mol. The number of thioether (sulfide) groups is 1. The van der Waals surface area contributed by atoms with E-state index in [4.69, 9.17) is 32.7 Å². The lowest BCUT2D eigenvalue weighted by Gasteiger charge is -2.10. The minimum absolute atomic E-state index is 0.114. The number of hydrogen-bond acceptors (Lipinski definition) is 4. The highest BCUT2D eigenvalue weighted by atomic mass is 35.5. The van der Waals surface area contributed by atoms with Gasteiger partial charge in [0.2, 0.25) is 0 Å². The highest BCUT2D eigenvalue weighted by Gasteiger charge is 2.14. The van der Waals surface area contributed by atoms with Crippen LogP contribution in [0.4, 0.5) is 0 Å². The molecule has 0 unspecified atom stereocenters. The zero-order chi connectivity index (χ0) is 16.1. The van der Waals surface area contributed by atoms with Crippen LogP contribution in [0.1, 0.15) is 15.9 Å². The van der Waals surface area contributed by atoms with Gasteiger partial charge in [0, 0.05) is 4.90 Å². The van der Waals surface area contributed by atoms with Crippen molar-refractivity contribution in [3.63, 3.8) is 0 Å². The van der Waals surface area contributed by atoms with Crippen LogP contribution in [0.5, 0.6) is 5.75 Å². The summed E-state index contributed by atoms with van der Waals surface area (Å²) in [6.45, 7) is 0.114. The van der Waals surface area contributed by atoms with E-state index in [9.17, 15) is 4.79 Å². The lowest BCUT2D eigenvalue weighted by atomic mass is 10.2. The maximum atomic E-state index is 12.2. The molecule has 0 heterocycles. The molecule has 0 spiro atoms. The zero-order valence-corrected chi connectivity index (χ0v) is 14.4. The van der Waals surface area contributed by atoms with Crippen LogP contribution in [0.3, 0.4) is 0 Å². The highest BCUT2D eigenvalue weighted by Crippen LogP contribution is 2.27. The summed E-state index contributed by atoms with van der Waals surface area (Å²) < 4.78 is 10.5. The first-order valence-corrected chi connectivity index (χ1v) is 8.36. The Kier molecular flexibility index (Phi) is 6.00. The Hall–Kier alpha value is -1.36. The molecular formula is C16H14Cl2O3S. The van der Waals surface area contributed by atoms with Gasteiger partial charge in [0.1, 0.15) is 17.9 Å². The molecule has 0 saturated carbocycles. The van der Waals surface area contributed by atoms with Gasteiger partial charge in [-0.3, -0.25) is 0 Å². The Labute approximate surface area is 143 Å². The van der Waals surface area contributed by atoms with E-state index in [1.807, 2.05) is 12.3 Å². The van der Waals surface area contributed by atoms with Crippen molar-refractivity contribution >= 4 is 40.9 Å². The Morgan fingerprint density at radius 3 is 2.55 bits per heavy atom. The number of carbonyl (C=O) groups is 1. The minimum atomic E-state index is -0.449. The van der Waals surface area contributed by atoms with Crippen molar-refractivity contribution in [2.75, 3.05) is 13.4 Å². The maximum absolute atomic E-state index is 12.2. The average Bonchev–Trinajstić information content (AvgIpc) is 2.54. The summed E-state index contributed by atoms with van der Waals surface area (Å²) in [4.78, 5) is 13.2. The summed E-state index contributed by atoms with van der Waals surface area (Å²) in [5.74, 6) is 0.0431. The van der Waals surface area contributed by atoms with Crippen molar-refractivity contribution in [1.29, 1.82) is 0 Å². The van der Waals surface area contributed by atoms with Gasteiger partial charge in [-0.15, -0.1) is 11.8 Å². The van der Waals surface area contributed by atoms with Crippen molar-refractivity contribution < 1.29 is 14.3 Å². The second-order valence-corrected chi connectivity index (χ2v) is 6.08. The summed E-state index contributed by atoms with van der Waals surface area (Å²) in [6.07, 6.45) is 1.96. The molecule has 3 nitrogen and oxygen atoms in total. The van der Waals surface area contributed by atoms with Crippen LogP contribution in [-0.4, -0.2) is 19.3 Å². The molecule has 116 valence electrons. The van der Waals surface area contributed by atoms with Gasteiger partial charge in [-0.05, 0) is 42.2 Å². The van der Waals surface area contributed by atoms with Gasteiger partial charge in [-0.2, -0.15) is 0 Å². The third-order valence-electron chi connectivity index (χ3n) is 2.98. The van der Waals surface area contributed by atoms with E-state index in [0.29, 0.717) is 21.4 Å². The first kappa shape index (κ1) is 17.0. The van der Waals surface area contributed by atoms with E-state index in [1.165, 1.54) is 7.11 Å². The summed E-state index contributed by atoms with van der Waals surface area (Å²) in [5.41, 5.74) is 1.16. The molecule has 0 bridgehead atoms. The Morgan fingerprint density at radius 1 is 1.14 bits per heavy atom. The molecule has 0 saturated heterocycles. The Balaban J connectivity index is 2.10. The molecule has 2 aromatic rings. The van der Waals surface area contributed by atoms with E-state index < -0.39 is 5.97 Å². The van der Waals surface area contributed by atoms with E-state index in [2.05, 4.69) is 0 Å². The fourth-order valence-electron chi connectivity index (χ4n) is 1.82. The van der Waals surface area contributed by atoms with Gasteiger partial charge in [-0.25, -0.2) is 4.79 Å². The number of rotatable bonds is 5. The first-order chi connectivity index (χ1) is 10.5.